The lowest BCUT2D eigenvalue weighted by atomic mass is 10.1. The molecule has 168 valence electrons. The highest BCUT2D eigenvalue weighted by Gasteiger charge is 2.57. The minimum atomic E-state index is -4.78. The summed E-state index contributed by atoms with van der Waals surface area (Å²) in [6.07, 6.45) is -6.20. The van der Waals surface area contributed by atoms with Crippen LogP contribution in [0, 0.1) is 6.92 Å². The Morgan fingerprint density at radius 2 is 2.23 bits per heavy atom. The Kier molecular flexibility index (Phi) is 4.95. The van der Waals surface area contributed by atoms with E-state index in [9.17, 15) is 24.4 Å². The largest absolute Gasteiger partial charge is 0.530 e. The lowest BCUT2D eigenvalue weighted by Crippen LogP contribution is -2.43. The fourth-order valence-corrected chi connectivity index (χ4v) is 4.37. The number of aryl methyl sites for hydroxylation is 1. The number of alkyl halides is 1. The van der Waals surface area contributed by atoms with Crippen molar-refractivity contribution in [2.75, 3.05) is 6.56 Å². The van der Waals surface area contributed by atoms with Gasteiger partial charge in [-0.15, -0.1) is 0 Å². The molecule has 2 aromatic rings. The first-order valence-electron chi connectivity index (χ1n) is 9.75. The van der Waals surface area contributed by atoms with E-state index >= 15 is 4.39 Å². The van der Waals surface area contributed by atoms with Gasteiger partial charge in [-0.25, -0.2) is 13.8 Å². The van der Waals surface area contributed by atoms with Gasteiger partial charge in [0.15, 0.2) is 6.23 Å². The van der Waals surface area contributed by atoms with Crippen LogP contribution in [-0.4, -0.2) is 44.4 Å². The molecule has 0 aliphatic carbocycles. The van der Waals surface area contributed by atoms with Crippen molar-refractivity contribution in [3.05, 3.63) is 61.4 Å². The summed E-state index contributed by atoms with van der Waals surface area (Å²) in [5.74, 6) is -3.77. The van der Waals surface area contributed by atoms with E-state index in [1.54, 1.807) is 30.1 Å². The van der Waals surface area contributed by atoms with Crippen LogP contribution >= 0.6 is 19.4 Å². The molecule has 3 N–H and O–H groups in total. The molecule has 1 aromatic heterocycles. The van der Waals surface area contributed by atoms with Crippen molar-refractivity contribution in [2.45, 2.75) is 37.8 Å². The number of phosphoric ester groups is 1. The SMILES string of the molecule is [2H]C([2H])(OP1(=O)OCc2cccc(C)c2O1)[C@@]1(F)O[C@@H](n2cc(Cl)c(=O)[nH]c2=O)[C@H](O)[C@@H]1O. The number of nitrogens with one attached hydrogen (secondary N) is 1. The molecule has 1 fully saturated rings. The third-order valence-electron chi connectivity index (χ3n) is 4.66. The molecule has 1 aromatic carbocycles. The maximum absolute atomic E-state index is 15.7. The number of halogens is 2. The maximum atomic E-state index is 15.7. The first-order valence-corrected chi connectivity index (χ1v) is 10.6. The molecule has 0 spiro atoms. The number of aromatic amines is 1. The van der Waals surface area contributed by atoms with Crippen LogP contribution in [-0.2, 0) is 25.0 Å². The maximum Gasteiger partial charge on any atom is 0.530 e. The highest BCUT2D eigenvalue weighted by Crippen LogP contribution is 2.56. The van der Waals surface area contributed by atoms with Gasteiger partial charge in [0.05, 0.1) is 9.35 Å². The number of aliphatic hydroxyl groups excluding tert-OH is 2. The molecule has 0 saturated carbocycles. The van der Waals surface area contributed by atoms with Crippen LogP contribution in [0.15, 0.2) is 34.0 Å². The van der Waals surface area contributed by atoms with Gasteiger partial charge < -0.3 is 19.5 Å². The Balaban J connectivity index is 1.64. The molecule has 0 bridgehead atoms. The van der Waals surface area contributed by atoms with E-state index < -0.39 is 54.9 Å². The van der Waals surface area contributed by atoms with Crippen LogP contribution in [0.1, 0.15) is 20.1 Å². The van der Waals surface area contributed by atoms with Gasteiger partial charge in [0.1, 0.15) is 29.5 Å². The predicted octanol–water partition coefficient (Wildman–Crippen LogP) is 1.15. The number of phosphoric acid groups is 1. The Hall–Kier alpha value is -2.05. The number of nitrogens with zero attached hydrogens (tertiary/aromatic N) is 1. The fourth-order valence-electron chi connectivity index (χ4n) is 3.05. The lowest BCUT2D eigenvalue weighted by molar-refractivity contribution is -0.205. The number of fused-ring (bicyclic) bond motifs is 1. The lowest BCUT2D eigenvalue weighted by Gasteiger charge is -2.29. The topological polar surface area (TPSA) is 149 Å². The van der Waals surface area contributed by atoms with Gasteiger partial charge in [-0.2, -0.15) is 0 Å². The summed E-state index contributed by atoms with van der Waals surface area (Å²) in [5, 5.41) is 20.0. The fraction of sp³-hybridized carbons (Fsp3) is 0.412. The van der Waals surface area contributed by atoms with Crippen LogP contribution in [0.5, 0.6) is 5.75 Å². The van der Waals surface area contributed by atoms with E-state index in [4.69, 9.17) is 32.7 Å². The van der Waals surface area contributed by atoms with E-state index in [2.05, 4.69) is 0 Å². The van der Waals surface area contributed by atoms with E-state index in [1.807, 2.05) is 0 Å². The van der Waals surface area contributed by atoms with Crippen molar-refractivity contribution in [3.8, 4) is 5.75 Å². The van der Waals surface area contributed by atoms with Gasteiger partial charge in [-0.3, -0.25) is 23.4 Å². The van der Waals surface area contributed by atoms with Crippen LogP contribution in [0.25, 0.3) is 0 Å². The number of hydrogen-bond donors (Lipinski definition) is 3. The molecule has 2 aliphatic heterocycles. The first-order chi connectivity index (χ1) is 15.3. The number of aliphatic hydroxyl groups is 2. The van der Waals surface area contributed by atoms with Crippen LogP contribution in [0.4, 0.5) is 4.39 Å². The van der Waals surface area contributed by atoms with Crippen molar-refractivity contribution in [3.63, 3.8) is 0 Å². The van der Waals surface area contributed by atoms with Crippen molar-refractivity contribution >= 4 is 19.4 Å². The van der Waals surface area contributed by atoms with E-state index in [0.29, 0.717) is 21.9 Å². The molecule has 0 radical (unpaired) electrons. The molecule has 1 unspecified atom stereocenters. The summed E-state index contributed by atoms with van der Waals surface area (Å²) in [4.78, 5) is 25.3. The van der Waals surface area contributed by atoms with Crippen molar-refractivity contribution in [1.82, 2.24) is 9.55 Å². The molecule has 4 rings (SSSR count). The van der Waals surface area contributed by atoms with Gasteiger partial charge in [-0.1, -0.05) is 29.8 Å². The van der Waals surface area contributed by atoms with E-state index in [-0.39, 0.29) is 12.4 Å². The van der Waals surface area contributed by atoms with Gasteiger partial charge in [0.2, 0.25) is 0 Å². The molecular formula is C17H17ClFN2O9P. The van der Waals surface area contributed by atoms with Crippen LogP contribution in [0.3, 0.4) is 0 Å². The standard InChI is InChI=1S/C17H17ClFN2O9P/c1-8-3-2-4-9-6-27-31(26,30-12(8)9)28-7-17(19)13(23)11(22)15(29-17)21-5-10(18)14(24)20-16(21)25/h2-5,11,13,15,22-23H,6-7H2,1H3,(H,20,24,25)/t11-,13+,15-,17-,31?/m1/s1/i7D2. The molecule has 5 atom stereocenters. The second kappa shape index (κ2) is 7.82. The summed E-state index contributed by atoms with van der Waals surface area (Å²) < 4.78 is 64.9. The van der Waals surface area contributed by atoms with E-state index in [1.165, 1.54) is 0 Å². The number of H-pyrrole nitrogens is 1. The Bertz CT molecular complexity index is 1270. The molecular weight excluding hydrogens is 462 g/mol. The molecule has 3 heterocycles. The monoisotopic (exact) mass is 480 g/mol. The Morgan fingerprint density at radius 1 is 1.48 bits per heavy atom. The summed E-state index contributed by atoms with van der Waals surface area (Å²) in [6, 6.07) is 4.91. The number of para-hydroxylation sites is 1. The number of aromatic nitrogens is 2. The molecule has 1 saturated heterocycles. The van der Waals surface area contributed by atoms with E-state index in [0.717, 1.165) is 0 Å². The normalized spacial score (nSPS) is 33.9. The number of hydrogen-bond acceptors (Lipinski definition) is 9. The highest BCUT2D eigenvalue weighted by atomic mass is 35.5. The number of ether oxygens (including phenoxy) is 1. The number of rotatable bonds is 4. The first kappa shape index (κ1) is 19.6. The van der Waals surface area contributed by atoms with Gasteiger partial charge >= 0.3 is 13.5 Å². The molecule has 11 nitrogen and oxygen atoms in total. The summed E-state index contributed by atoms with van der Waals surface area (Å²) in [7, 11) is -4.78. The van der Waals surface area contributed by atoms with Gasteiger partial charge in [0.25, 0.3) is 11.4 Å². The quantitative estimate of drug-likeness (QED) is 0.547. The minimum absolute atomic E-state index is 0.0935. The van der Waals surface area contributed by atoms with Gasteiger partial charge in [0, 0.05) is 11.8 Å². The van der Waals surface area contributed by atoms with Crippen LogP contribution < -0.4 is 15.8 Å². The predicted molar refractivity (Wildman–Crippen MR) is 102 cm³/mol. The zero-order valence-electron chi connectivity index (χ0n) is 17.7. The molecule has 31 heavy (non-hydrogen) atoms. The summed E-state index contributed by atoms with van der Waals surface area (Å²) in [6.45, 7) is -2.41. The average molecular weight is 481 g/mol. The van der Waals surface area contributed by atoms with Gasteiger partial charge in [-0.05, 0) is 12.5 Å². The smallest absolute Gasteiger partial charge is 0.403 e. The highest BCUT2D eigenvalue weighted by molar-refractivity contribution is 7.49. The summed E-state index contributed by atoms with van der Waals surface area (Å²) >= 11 is 5.64. The Morgan fingerprint density at radius 3 is 2.97 bits per heavy atom. The molecule has 14 heteroatoms. The van der Waals surface area contributed by atoms with Crippen molar-refractivity contribution < 1.29 is 40.2 Å². The zero-order chi connectivity index (χ0) is 24.3. The second-order valence-corrected chi connectivity index (χ2v) is 8.73. The Labute approximate surface area is 181 Å². The second-order valence-electron chi connectivity index (χ2n) is 6.80. The van der Waals surface area contributed by atoms with Crippen molar-refractivity contribution in [2.24, 2.45) is 0 Å². The minimum Gasteiger partial charge on any atom is -0.403 e. The van der Waals surface area contributed by atoms with Crippen LogP contribution in [0.2, 0.25) is 5.02 Å². The number of benzene rings is 1. The molecule has 0 amide bonds. The van der Waals surface area contributed by atoms with Crippen molar-refractivity contribution in [1.29, 1.82) is 0 Å². The molecule has 2 aliphatic rings. The average Bonchev–Trinajstić information content (AvgIpc) is 2.96. The zero-order valence-corrected chi connectivity index (χ0v) is 17.3. The third kappa shape index (κ3) is 3.96. The third-order valence-corrected chi connectivity index (χ3v) is 6.09. The summed E-state index contributed by atoms with van der Waals surface area (Å²) in [5.41, 5.74) is -1.15.